The van der Waals surface area contributed by atoms with Crippen molar-refractivity contribution in [3.8, 4) is 0 Å². The first-order valence-electron chi connectivity index (χ1n) is 7.12. The maximum atomic E-state index is 3.71. The number of aryl methyl sites for hydroxylation is 1. The normalized spacial score (nSPS) is 23.8. The number of nitrogens with zero attached hydrogens (tertiary/aromatic N) is 1. The summed E-state index contributed by atoms with van der Waals surface area (Å²) in [5.74, 6) is 0. The van der Waals surface area contributed by atoms with Crippen LogP contribution in [0.3, 0.4) is 0 Å². The molecular formula is C16H26N2. The lowest BCUT2D eigenvalue weighted by atomic mass is 10.0. The molecule has 1 atom stereocenters. The van der Waals surface area contributed by atoms with Crippen LogP contribution in [0, 0.1) is 0 Å². The van der Waals surface area contributed by atoms with E-state index in [4.69, 9.17) is 0 Å². The van der Waals surface area contributed by atoms with Crippen molar-refractivity contribution in [2.24, 2.45) is 0 Å². The molecule has 2 heteroatoms. The summed E-state index contributed by atoms with van der Waals surface area (Å²) in [6.07, 6.45) is 2.32. The van der Waals surface area contributed by atoms with Gasteiger partial charge in [0, 0.05) is 30.4 Å². The summed E-state index contributed by atoms with van der Waals surface area (Å²) < 4.78 is 0. The van der Waals surface area contributed by atoms with Crippen LogP contribution in [0.4, 0.5) is 5.69 Å². The highest BCUT2D eigenvalue weighted by Gasteiger charge is 2.27. The summed E-state index contributed by atoms with van der Waals surface area (Å²) in [4.78, 5) is 2.55. The maximum Gasteiger partial charge on any atom is 0.0399 e. The van der Waals surface area contributed by atoms with Gasteiger partial charge in [-0.05, 0) is 45.2 Å². The number of hydrogen-bond donors (Lipinski definition) is 1. The van der Waals surface area contributed by atoms with Crippen molar-refractivity contribution in [3.63, 3.8) is 0 Å². The Bertz CT molecular complexity index is 398. The molecule has 1 N–H and O–H groups in total. The number of nitrogens with one attached hydrogen (secondary N) is 1. The van der Waals surface area contributed by atoms with Crippen molar-refractivity contribution >= 4 is 5.69 Å². The highest BCUT2D eigenvalue weighted by Crippen LogP contribution is 2.25. The highest BCUT2D eigenvalue weighted by molar-refractivity contribution is 5.54. The summed E-state index contributed by atoms with van der Waals surface area (Å²) in [6.45, 7) is 11.4. The monoisotopic (exact) mass is 246 g/mol. The van der Waals surface area contributed by atoms with E-state index in [1.807, 2.05) is 0 Å². The molecule has 0 bridgehead atoms. The summed E-state index contributed by atoms with van der Waals surface area (Å²) in [5.41, 5.74) is 3.06. The fraction of sp³-hybridized carbons (Fsp3) is 0.625. The summed E-state index contributed by atoms with van der Waals surface area (Å²) in [7, 11) is 0. The van der Waals surface area contributed by atoms with Crippen LogP contribution in [0.15, 0.2) is 24.3 Å². The van der Waals surface area contributed by atoms with Crippen molar-refractivity contribution in [1.82, 2.24) is 5.32 Å². The van der Waals surface area contributed by atoms with E-state index in [-0.39, 0.29) is 5.54 Å². The molecule has 0 radical (unpaired) electrons. The van der Waals surface area contributed by atoms with Gasteiger partial charge in [0.15, 0.2) is 0 Å². The zero-order chi connectivity index (χ0) is 13.2. The minimum Gasteiger partial charge on any atom is -0.369 e. The Morgan fingerprint density at radius 1 is 1.33 bits per heavy atom. The molecule has 0 spiro atoms. The Labute approximate surface area is 111 Å². The fourth-order valence-corrected chi connectivity index (χ4v) is 3.01. The number of anilines is 1. The van der Waals surface area contributed by atoms with Gasteiger partial charge in [-0.3, -0.25) is 0 Å². The lowest BCUT2D eigenvalue weighted by Gasteiger charge is -2.33. The van der Waals surface area contributed by atoms with Crippen molar-refractivity contribution in [2.45, 2.75) is 52.1 Å². The SMILES string of the molecule is CCc1ccccc1N1CCC(C)NC(C)(C)C1. The molecule has 1 saturated heterocycles. The second kappa shape index (κ2) is 5.31. The Morgan fingerprint density at radius 2 is 2.06 bits per heavy atom. The van der Waals surface area contributed by atoms with Gasteiger partial charge in [0.1, 0.15) is 0 Å². The van der Waals surface area contributed by atoms with Gasteiger partial charge in [0.25, 0.3) is 0 Å². The number of para-hydroxylation sites is 1. The number of hydrogen-bond acceptors (Lipinski definition) is 2. The average Bonchev–Trinajstić information content (AvgIpc) is 2.46. The van der Waals surface area contributed by atoms with Crippen molar-refractivity contribution in [1.29, 1.82) is 0 Å². The van der Waals surface area contributed by atoms with E-state index in [0.717, 1.165) is 19.5 Å². The first-order chi connectivity index (χ1) is 8.52. The molecule has 0 amide bonds. The summed E-state index contributed by atoms with van der Waals surface area (Å²) >= 11 is 0. The fourth-order valence-electron chi connectivity index (χ4n) is 3.01. The van der Waals surface area contributed by atoms with Gasteiger partial charge in [-0.25, -0.2) is 0 Å². The zero-order valence-electron chi connectivity index (χ0n) is 12.2. The van der Waals surface area contributed by atoms with Crippen LogP contribution < -0.4 is 10.2 Å². The van der Waals surface area contributed by atoms with E-state index < -0.39 is 0 Å². The second-order valence-corrected chi connectivity index (χ2v) is 6.12. The second-order valence-electron chi connectivity index (χ2n) is 6.12. The largest absolute Gasteiger partial charge is 0.369 e. The van der Waals surface area contributed by atoms with Crippen molar-refractivity contribution in [2.75, 3.05) is 18.0 Å². The third-order valence-electron chi connectivity index (χ3n) is 3.77. The molecule has 0 aromatic heterocycles. The first kappa shape index (κ1) is 13.4. The standard InChI is InChI=1S/C16H26N2/c1-5-14-8-6-7-9-15(14)18-11-10-13(2)17-16(3,4)12-18/h6-9,13,17H,5,10-12H2,1-4H3. The van der Waals surface area contributed by atoms with Gasteiger partial charge >= 0.3 is 0 Å². The van der Waals surface area contributed by atoms with Gasteiger partial charge in [0.2, 0.25) is 0 Å². The molecule has 1 aliphatic rings. The van der Waals surface area contributed by atoms with E-state index in [9.17, 15) is 0 Å². The highest BCUT2D eigenvalue weighted by atomic mass is 15.2. The predicted molar refractivity (Wildman–Crippen MR) is 79.3 cm³/mol. The molecule has 1 aromatic rings. The van der Waals surface area contributed by atoms with Crippen LogP contribution in [-0.4, -0.2) is 24.7 Å². The topological polar surface area (TPSA) is 15.3 Å². The molecule has 1 aromatic carbocycles. The van der Waals surface area contributed by atoms with E-state index >= 15 is 0 Å². The summed E-state index contributed by atoms with van der Waals surface area (Å²) in [5, 5.41) is 3.71. The van der Waals surface area contributed by atoms with Crippen molar-refractivity contribution in [3.05, 3.63) is 29.8 Å². The molecule has 0 aliphatic carbocycles. The zero-order valence-corrected chi connectivity index (χ0v) is 12.2. The Hall–Kier alpha value is -1.02. The molecule has 1 unspecified atom stereocenters. The molecule has 1 heterocycles. The lowest BCUT2D eigenvalue weighted by Crippen LogP contribution is -2.49. The van der Waals surface area contributed by atoms with Crippen LogP contribution in [0.1, 0.15) is 39.7 Å². The minimum absolute atomic E-state index is 0.177. The van der Waals surface area contributed by atoms with E-state index in [0.29, 0.717) is 6.04 Å². The third-order valence-corrected chi connectivity index (χ3v) is 3.77. The molecular weight excluding hydrogens is 220 g/mol. The van der Waals surface area contributed by atoms with Gasteiger partial charge in [-0.15, -0.1) is 0 Å². The maximum absolute atomic E-state index is 3.71. The lowest BCUT2D eigenvalue weighted by molar-refractivity contribution is 0.368. The van der Waals surface area contributed by atoms with E-state index in [1.54, 1.807) is 0 Å². The first-order valence-corrected chi connectivity index (χ1v) is 7.12. The van der Waals surface area contributed by atoms with E-state index in [1.165, 1.54) is 17.7 Å². The molecule has 18 heavy (non-hydrogen) atoms. The van der Waals surface area contributed by atoms with Crippen LogP contribution in [0.5, 0.6) is 0 Å². The Balaban J connectivity index is 2.26. The summed E-state index contributed by atoms with van der Waals surface area (Å²) in [6, 6.07) is 9.42. The van der Waals surface area contributed by atoms with Crippen LogP contribution in [-0.2, 0) is 6.42 Å². The molecule has 100 valence electrons. The van der Waals surface area contributed by atoms with Gasteiger partial charge < -0.3 is 10.2 Å². The third kappa shape index (κ3) is 3.05. The molecule has 2 nitrogen and oxygen atoms in total. The van der Waals surface area contributed by atoms with Gasteiger partial charge in [0.05, 0.1) is 0 Å². The predicted octanol–water partition coefficient (Wildman–Crippen LogP) is 3.22. The minimum atomic E-state index is 0.177. The van der Waals surface area contributed by atoms with Gasteiger partial charge in [-0.1, -0.05) is 25.1 Å². The average molecular weight is 246 g/mol. The molecule has 1 aliphatic heterocycles. The smallest absolute Gasteiger partial charge is 0.0399 e. The Morgan fingerprint density at radius 3 is 2.78 bits per heavy atom. The van der Waals surface area contributed by atoms with Crippen molar-refractivity contribution < 1.29 is 0 Å². The quantitative estimate of drug-likeness (QED) is 0.862. The van der Waals surface area contributed by atoms with Crippen LogP contribution in [0.2, 0.25) is 0 Å². The van der Waals surface area contributed by atoms with Crippen LogP contribution >= 0.6 is 0 Å². The number of benzene rings is 1. The Kier molecular flexibility index (Phi) is 3.96. The van der Waals surface area contributed by atoms with Gasteiger partial charge in [-0.2, -0.15) is 0 Å². The molecule has 0 saturated carbocycles. The molecule has 2 rings (SSSR count). The van der Waals surface area contributed by atoms with E-state index in [2.05, 4.69) is 62.2 Å². The molecule has 1 fully saturated rings. The number of rotatable bonds is 2. The van der Waals surface area contributed by atoms with Crippen LogP contribution in [0.25, 0.3) is 0 Å².